The van der Waals surface area contributed by atoms with Gasteiger partial charge in [0.25, 0.3) is 0 Å². The normalized spacial score (nSPS) is 12.6. The number of aryl methyl sites for hydroxylation is 1. The van der Waals surface area contributed by atoms with Gasteiger partial charge in [0.15, 0.2) is 0 Å². The molecular weight excluding hydrogens is 220 g/mol. The maximum atomic E-state index is 5.58. The number of nitrogens with one attached hydrogen (secondary N) is 1. The maximum Gasteiger partial charge on any atom is 0.0988 e. The van der Waals surface area contributed by atoms with Gasteiger partial charge in [-0.1, -0.05) is 6.92 Å². The monoisotopic (exact) mass is 234 g/mol. The molecule has 0 fully saturated rings. The lowest BCUT2D eigenvalue weighted by atomic mass is 10.2. The Bertz CT molecular complexity index is 440. The highest BCUT2D eigenvalue weighted by Gasteiger charge is 2.15. The molecule has 0 aliphatic rings. The van der Waals surface area contributed by atoms with Crippen LogP contribution in [-0.4, -0.2) is 9.97 Å². The van der Waals surface area contributed by atoms with E-state index in [0.717, 1.165) is 12.1 Å². The van der Waals surface area contributed by atoms with E-state index in [9.17, 15) is 0 Å². The Hall–Kier alpha value is -1.30. The summed E-state index contributed by atoms with van der Waals surface area (Å²) in [6, 6.07) is 4.14. The second-order valence-corrected chi connectivity index (χ2v) is 4.59. The van der Waals surface area contributed by atoms with Gasteiger partial charge in [0.1, 0.15) is 0 Å². The van der Waals surface area contributed by atoms with Gasteiger partial charge in [0.05, 0.1) is 17.9 Å². The lowest BCUT2D eigenvalue weighted by Gasteiger charge is -2.12. The molecule has 2 aromatic rings. The van der Waals surface area contributed by atoms with Crippen LogP contribution in [0, 0.1) is 0 Å². The summed E-state index contributed by atoms with van der Waals surface area (Å²) in [5.41, 5.74) is 3.62. The summed E-state index contributed by atoms with van der Waals surface area (Å²) in [5.74, 6) is 5.58. The summed E-state index contributed by atoms with van der Waals surface area (Å²) >= 11 is 1.75. The van der Waals surface area contributed by atoms with Crippen LogP contribution < -0.4 is 11.3 Å². The molecule has 0 saturated heterocycles. The molecule has 4 nitrogen and oxygen atoms in total. The highest BCUT2D eigenvalue weighted by molar-refractivity contribution is 7.12. The molecule has 0 aromatic carbocycles. The Kier molecular flexibility index (Phi) is 3.61. The molecule has 5 heteroatoms. The number of nitrogens with two attached hydrogens (primary N) is 1. The zero-order valence-corrected chi connectivity index (χ0v) is 9.87. The molecule has 3 N–H and O–H groups in total. The summed E-state index contributed by atoms with van der Waals surface area (Å²) < 4.78 is 0. The first-order chi connectivity index (χ1) is 7.85. The minimum atomic E-state index is -0.0704. The number of hydrogen-bond donors (Lipinski definition) is 2. The van der Waals surface area contributed by atoms with Crippen molar-refractivity contribution >= 4 is 11.3 Å². The highest BCUT2D eigenvalue weighted by Crippen LogP contribution is 2.26. The van der Waals surface area contributed by atoms with E-state index < -0.39 is 0 Å². The van der Waals surface area contributed by atoms with Crippen LogP contribution in [0.4, 0.5) is 0 Å². The fourth-order valence-corrected chi connectivity index (χ4v) is 2.54. The van der Waals surface area contributed by atoms with Gasteiger partial charge in [-0.25, -0.2) is 5.43 Å². The van der Waals surface area contributed by atoms with Crippen molar-refractivity contribution in [1.82, 2.24) is 15.4 Å². The van der Waals surface area contributed by atoms with Crippen LogP contribution in [0.3, 0.4) is 0 Å². The summed E-state index contributed by atoms with van der Waals surface area (Å²) in [7, 11) is 0. The average molecular weight is 234 g/mol. The van der Waals surface area contributed by atoms with Crippen molar-refractivity contribution in [3.63, 3.8) is 0 Å². The molecule has 2 rings (SSSR count). The molecule has 0 radical (unpaired) electrons. The van der Waals surface area contributed by atoms with E-state index >= 15 is 0 Å². The molecule has 0 aliphatic carbocycles. The first-order valence-electron chi connectivity index (χ1n) is 5.15. The number of thiophene rings is 1. The molecule has 1 atom stereocenters. The second kappa shape index (κ2) is 5.16. The lowest BCUT2D eigenvalue weighted by Crippen LogP contribution is -2.28. The van der Waals surface area contributed by atoms with Gasteiger partial charge < -0.3 is 0 Å². The van der Waals surface area contributed by atoms with Crippen molar-refractivity contribution in [1.29, 1.82) is 0 Å². The summed E-state index contributed by atoms with van der Waals surface area (Å²) in [5, 5.41) is 0. The molecule has 2 heterocycles. The Labute approximate surface area is 98.5 Å². The second-order valence-electron chi connectivity index (χ2n) is 3.39. The van der Waals surface area contributed by atoms with Gasteiger partial charge in [-0.3, -0.25) is 15.8 Å². The fraction of sp³-hybridized carbons (Fsp3) is 0.273. The summed E-state index contributed by atoms with van der Waals surface area (Å²) in [6.07, 6.45) is 6.11. The maximum absolute atomic E-state index is 5.58. The molecule has 84 valence electrons. The molecule has 0 bridgehead atoms. The first-order valence-corrected chi connectivity index (χ1v) is 5.97. The van der Waals surface area contributed by atoms with Gasteiger partial charge >= 0.3 is 0 Å². The van der Waals surface area contributed by atoms with E-state index in [1.807, 2.05) is 0 Å². The Balaban J connectivity index is 2.29. The van der Waals surface area contributed by atoms with Crippen LogP contribution in [0.5, 0.6) is 0 Å². The van der Waals surface area contributed by atoms with Crippen molar-refractivity contribution in [3.8, 4) is 0 Å². The first kappa shape index (κ1) is 11.2. The van der Waals surface area contributed by atoms with Crippen molar-refractivity contribution in [3.05, 3.63) is 46.2 Å². The molecular formula is C11H14N4S. The molecule has 0 spiro atoms. The minimum Gasteiger partial charge on any atom is -0.270 e. The van der Waals surface area contributed by atoms with Crippen LogP contribution in [0.2, 0.25) is 0 Å². The summed E-state index contributed by atoms with van der Waals surface area (Å²) in [6.45, 7) is 2.14. The predicted molar refractivity (Wildman–Crippen MR) is 64.9 cm³/mol. The number of hydrazine groups is 1. The van der Waals surface area contributed by atoms with E-state index in [1.165, 1.54) is 9.75 Å². The van der Waals surface area contributed by atoms with E-state index in [1.54, 1.807) is 29.9 Å². The van der Waals surface area contributed by atoms with Crippen LogP contribution >= 0.6 is 11.3 Å². The van der Waals surface area contributed by atoms with Crippen molar-refractivity contribution in [2.45, 2.75) is 19.4 Å². The SMILES string of the molecule is CCc1ccc(C(NN)c2cnccn2)s1. The van der Waals surface area contributed by atoms with Crippen LogP contribution in [-0.2, 0) is 6.42 Å². The largest absolute Gasteiger partial charge is 0.270 e. The molecule has 2 aromatic heterocycles. The molecule has 0 saturated carbocycles. The minimum absolute atomic E-state index is 0.0704. The fourth-order valence-electron chi connectivity index (χ4n) is 1.51. The van der Waals surface area contributed by atoms with E-state index in [-0.39, 0.29) is 6.04 Å². The van der Waals surface area contributed by atoms with Crippen molar-refractivity contribution in [2.24, 2.45) is 5.84 Å². The van der Waals surface area contributed by atoms with Gasteiger partial charge in [0, 0.05) is 22.1 Å². The average Bonchev–Trinajstić information content (AvgIpc) is 2.80. The Morgan fingerprint density at radius 1 is 1.44 bits per heavy atom. The van der Waals surface area contributed by atoms with Crippen LogP contribution in [0.15, 0.2) is 30.7 Å². The number of nitrogens with zero attached hydrogens (tertiary/aromatic N) is 2. The van der Waals surface area contributed by atoms with Crippen molar-refractivity contribution < 1.29 is 0 Å². The number of hydrogen-bond acceptors (Lipinski definition) is 5. The standard InChI is InChI=1S/C11H14N4S/c1-2-8-3-4-10(16-8)11(15-12)9-7-13-5-6-14-9/h3-7,11,15H,2,12H2,1H3. The third-order valence-electron chi connectivity index (χ3n) is 2.36. The van der Waals surface area contributed by atoms with Crippen molar-refractivity contribution in [2.75, 3.05) is 0 Å². The molecule has 0 amide bonds. The van der Waals surface area contributed by atoms with Crippen LogP contribution in [0.25, 0.3) is 0 Å². The quantitative estimate of drug-likeness (QED) is 0.623. The third kappa shape index (κ3) is 2.27. The zero-order valence-electron chi connectivity index (χ0n) is 9.05. The van der Waals surface area contributed by atoms with Gasteiger partial charge in [-0.05, 0) is 18.6 Å². The Morgan fingerprint density at radius 2 is 2.31 bits per heavy atom. The molecule has 16 heavy (non-hydrogen) atoms. The predicted octanol–water partition coefficient (Wildman–Crippen LogP) is 1.65. The van der Waals surface area contributed by atoms with E-state index in [0.29, 0.717) is 0 Å². The number of rotatable bonds is 4. The topological polar surface area (TPSA) is 63.8 Å². The molecule has 0 aliphatic heterocycles. The lowest BCUT2D eigenvalue weighted by molar-refractivity contribution is 0.627. The van der Waals surface area contributed by atoms with E-state index in [2.05, 4.69) is 34.5 Å². The molecule has 1 unspecified atom stereocenters. The number of aromatic nitrogens is 2. The smallest absolute Gasteiger partial charge is 0.0988 e. The highest BCUT2D eigenvalue weighted by atomic mass is 32.1. The van der Waals surface area contributed by atoms with Crippen LogP contribution in [0.1, 0.15) is 28.4 Å². The Morgan fingerprint density at radius 3 is 2.88 bits per heavy atom. The van der Waals surface area contributed by atoms with Gasteiger partial charge in [-0.2, -0.15) is 0 Å². The van der Waals surface area contributed by atoms with Gasteiger partial charge in [-0.15, -0.1) is 11.3 Å². The van der Waals surface area contributed by atoms with E-state index in [4.69, 9.17) is 5.84 Å². The zero-order chi connectivity index (χ0) is 11.4. The van der Waals surface area contributed by atoms with Gasteiger partial charge in [0.2, 0.25) is 0 Å². The summed E-state index contributed by atoms with van der Waals surface area (Å²) in [4.78, 5) is 10.8. The third-order valence-corrected chi connectivity index (χ3v) is 3.66.